The molecule has 0 saturated carbocycles. The highest BCUT2D eigenvalue weighted by atomic mass is 35.5. The number of esters is 1. The summed E-state index contributed by atoms with van der Waals surface area (Å²) in [4.78, 5) is 32.7. The lowest BCUT2D eigenvalue weighted by molar-refractivity contribution is 0.0499. The number of nitrogens with zero attached hydrogens (tertiary/aromatic N) is 2. The molecular weight excluding hydrogens is 386 g/mol. The number of anilines is 1. The van der Waals surface area contributed by atoms with Crippen molar-refractivity contribution in [2.45, 2.75) is 38.3 Å². The van der Waals surface area contributed by atoms with Crippen molar-refractivity contribution in [3.05, 3.63) is 46.7 Å². The summed E-state index contributed by atoms with van der Waals surface area (Å²) in [6.45, 7) is 4.48. The van der Waals surface area contributed by atoms with Gasteiger partial charge in [-0.2, -0.15) is 0 Å². The van der Waals surface area contributed by atoms with Gasteiger partial charge in [0.25, 0.3) is 5.91 Å². The maximum atomic E-state index is 12.5. The predicted molar refractivity (Wildman–Crippen MR) is 108 cm³/mol. The first kappa shape index (κ1) is 21.2. The lowest BCUT2D eigenvalue weighted by atomic mass is 10.2. The summed E-state index contributed by atoms with van der Waals surface area (Å²) in [5.41, 5.74) is 1.08. The van der Waals surface area contributed by atoms with Crippen LogP contribution in [0.3, 0.4) is 0 Å². The number of rotatable bonds is 9. The maximum Gasteiger partial charge on any atom is 0.338 e. The summed E-state index contributed by atoms with van der Waals surface area (Å²) in [5, 5.41) is 3.42. The highest BCUT2D eigenvalue weighted by molar-refractivity contribution is 7.99. The van der Waals surface area contributed by atoms with Gasteiger partial charge in [-0.15, -0.1) is 0 Å². The molecule has 1 heterocycles. The zero-order chi connectivity index (χ0) is 19.6. The van der Waals surface area contributed by atoms with Gasteiger partial charge >= 0.3 is 5.97 Å². The minimum Gasteiger partial charge on any atom is -0.462 e. The van der Waals surface area contributed by atoms with Gasteiger partial charge in [0.1, 0.15) is 0 Å². The van der Waals surface area contributed by atoms with E-state index in [4.69, 9.17) is 16.3 Å². The number of aromatic nitrogens is 2. The van der Waals surface area contributed by atoms with Crippen LogP contribution in [0.5, 0.6) is 0 Å². The van der Waals surface area contributed by atoms with Crippen LogP contribution < -0.4 is 5.32 Å². The minimum absolute atomic E-state index is 0.119. The second-order valence-electron chi connectivity index (χ2n) is 5.72. The maximum absolute atomic E-state index is 12.5. The van der Waals surface area contributed by atoms with Crippen molar-refractivity contribution < 1.29 is 14.3 Å². The van der Waals surface area contributed by atoms with Gasteiger partial charge in [0.15, 0.2) is 10.9 Å². The summed E-state index contributed by atoms with van der Waals surface area (Å²) in [7, 11) is 0. The molecule has 1 amide bonds. The largest absolute Gasteiger partial charge is 0.462 e. The smallest absolute Gasteiger partial charge is 0.338 e. The molecule has 0 aliphatic heterocycles. The van der Waals surface area contributed by atoms with Gasteiger partial charge in [0.05, 0.1) is 23.4 Å². The Hall–Kier alpha value is -2.12. The molecule has 0 radical (unpaired) electrons. The highest BCUT2D eigenvalue weighted by Gasteiger charge is 2.15. The quantitative estimate of drug-likeness (QED) is 0.277. The fourth-order valence-electron chi connectivity index (χ4n) is 2.05. The average molecular weight is 408 g/mol. The summed E-state index contributed by atoms with van der Waals surface area (Å²) >= 11 is 7.53. The Morgan fingerprint density at radius 1 is 1.19 bits per heavy atom. The van der Waals surface area contributed by atoms with Crippen LogP contribution >= 0.6 is 23.4 Å². The summed E-state index contributed by atoms with van der Waals surface area (Å²) in [5.74, 6) is 0.0511. The van der Waals surface area contributed by atoms with Crippen molar-refractivity contribution in [2.75, 3.05) is 17.7 Å². The van der Waals surface area contributed by atoms with Crippen molar-refractivity contribution in [3.8, 4) is 0 Å². The number of nitrogens with one attached hydrogen (secondary N) is 1. The number of hydrogen-bond donors (Lipinski definition) is 1. The fourth-order valence-corrected chi connectivity index (χ4v) is 2.89. The number of carbonyl (C=O) groups is 2. The topological polar surface area (TPSA) is 81.2 Å². The van der Waals surface area contributed by atoms with Crippen LogP contribution in [-0.4, -0.2) is 34.2 Å². The van der Waals surface area contributed by atoms with Crippen LogP contribution in [-0.2, 0) is 4.74 Å². The lowest BCUT2D eigenvalue weighted by Crippen LogP contribution is -2.15. The average Bonchev–Trinajstić information content (AvgIpc) is 2.68. The Morgan fingerprint density at radius 2 is 1.93 bits per heavy atom. The number of ether oxygens (including phenoxy) is 1. The van der Waals surface area contributed by atoms with E-state index in [2.05, 4.69) is 22.2 Å². The molecule has 1 aromatic carbocycles. The highest BCUT2D eigenvalue weighted by Crippen LogP contribution is 2.20. The standard InChI is InChI=1S/C19H22ClN3O3S/c1-3-5-10-26-18(25)13-6-8-14(9-7-13)22-17(24)16-15(20)12-21-19(23-16)27-11-4-2/h6-9,12H,3-5,10-11H2,1-2H3,(H,22,24). The van der Waals surface area contributed by atoms with Gasteiger partial charge in [0, 0.05) is 11.4 Å². The van der Waals surface area contributed by atoms with Gasteiger partial charge in [-0.05, 0) is 37.1 Å². The molecule has 0 unspecified atom stereocenters. The van der Waals surface area contributed by atoms with Crippen LogP contribution in [0.15, 0.2) is 35.6 Å². The first-order valence-corrected chi connectivity index (χ1v) is 10.1. The van der Waals surface area contributed by atoms with Gasteiger partial charge < -0.3 is 10.1 Å². The molecule has 0 aliphatic carbocycles. The molecule has 2 rings (SSSR count). The Labute approximate surface area is 168 Å². The zero-order valence-electron chi connectivity index (χ0n) is 15.3. The summed E-state index contributed by atoms with van der Waals surface area (Å²) in [6, 6.07) is 6.48. The lowest BCUT2D eigenvalue weighted by Gasteiger charge is -2.08. The van der Waals surface area contributed by atoms with E-state index >= 15 is 0 Å². The van der Waals surface area contributed by atoms with E-state index in [-0.39, 0.29) is 16.7 Å². The molecule has 0 saturated heterocycles. The minimum atomic E-state index is -0.431. The van der Waals surface area contributed by atoms with Crippen LogP contribution in [0.25, 0.3) is 0 Å². The van der Waals surface area contributed by atoms with Gasteiger partial charge in [-0.1, -0.05) is 43.6 Å². The first-order chi connectivity index (χ1) is 13.0. The number of amides is 1. The molecule has 1 N–H and O–H groups in total. The van der Waals surface area contributed by atoms with Gasteiger partial charge in [-0.3, -0.25) is 4.79 Å². The first-order valence-electron chi connectivity index (χ1n) is 8.79. The third-order valence-electron chi connectivity index (χ3n) is 3.48. The van der Waals surface area contributed by atoms with Crippen LogP contribution in [0, 0.1) is 0 Å². The van der Waals surface area contributed by atoms with Crippen molar-refractivity contribution in [2.24, 2.45) is 0 Å². The third-order valence-corrected chi connectivity index (χ3v) is 4.83. The summed E-state index contributed by atoms with van der Waals surface area (Å²) < 4.78 is 5.16. The van der Waals surface area contributed by atoms with E-state index in [9.17, 15) is 9.59 Å². The Kier molecular flexibility index (Phi) is 8.54. The second-order valence-corrected chi connectivity index (χ2v) is 7.19. The predicted octanol–water partition coefficient (Wildman–Crippen LogP) is 4.84. The third kappa shape index (κ3) is 6.52. The fraction of sp³-hybridized carbons (Fsp3) is 0.368. The zero-order valence-corrected chi connectivity index (χ0v) is 16.9. The van der Waals surface area contributed by atoms with E-state index < -0.39 is 5.91 Å². The van der Waals surface area contributed by atoms with Crippen LogP contribution in [0.2, 0.25) is 5.02 Å². The van der Waals surface area contributed by atoms with Crippen LogP contribution in [0.4, 0.5) is 5.69 Å². The number of unbranched alkanes of at least 4 members (excludes halogenated alkanes) is 1. The van der Waals surface area contributed by atoms with E-state index in [1.54, 1.807) is 24.3 Å². The second kappa shape index (κ2) is 10.9. The molecule has 0 aliphatic rings. The number of thioether (sulfide) groups is 1. The Bertz CT molecular complexity index is 784. The Morgan fingerprint density at radius 3 is 2.59 bits per heavy atom. The van der Waals surface area contributed by atoms with E-state index in [0.717, 1.165) is 25.0 Å². The molecule has 0 atom stereocenters. The molecule has 0 bridgehead atoms. The molecule has 27 heavy (non-hydrogen) atoms. The normalized spacial score (nSPS) is 10.5. The monoisotopic (exact) mass is 407 g/mol. The van der Waals surface area contributed by atoms with Crippen molar-refractivity contribution in [1.82, 2.24) is 9.97 Å². The van der Waals surface area contributed by atoms with E-state index in [1.807, 2.05) is 6.92 Å². The SMILES string of the molecule is CCCCOC(=O)c1ccc(NC(=O)c2nc(SCCC)ncc2Cl)cc1. The number of hydrogen-bond acceptors (Lipinski definition) is 6. The molecule has 1 aromatic heterocycles. The van der Waals surface area contributed by atoms with Crippen LogP contribution in [0.1, 0.15) is 54.0 Å². The van der Waals surface area contributed by atoms with Gasteiger partial charge in [0.2, 0.25) is 0 Å². The summed E-state index contributed by atoms with van der Waals surface area (Å²) in [6.07, 6.45) is 4.20. The van der Waals surface area contributed by atoms with Crippen molar-refractivity contribution in [3.63, 3.8) is 0 Å². The van der Waals surface area contributed by atoms with E-state index in [1.165, 1.54) is 18.0 Å². The molecule has 6 nitrogen and oxygen atoms in total. The van der Waals surface area contributed by atoms with Crippen molar-refractivity contribution >= 4 is 40.9 Å². The number of benzene rings is 1. The molecule has 0 fully saturated rings. The van der Waals surface area contributed by atoms with E-state index in [0.29, 0.717) is 23.0 Å². The molecular formula is C19H22ClN3O3S. The Balaban J connectivity index is 2.02. The number of halogens is 1. The molecule has 144 valence electrons. The molecule has 2 aromatic rings. The van der Waals surface area contributed by atoms with Crippen molar-refractivity contribution in [1.29, 1.82) is 0 Å². The number of carbonyl (C=O) groups excluding carboxylic acids is 2. The molecule has 0 spiro atoms. The van der Waals surface area contributed by atoms with Gasteiger partial charge in [-0.25, -0.2) is 14.8 Å². The molecule has 8 heteroatoms.